The van der Waals surface area contributed by atoms with E-state index in [0.717, 1.165) is 50.2 Å². The third-order valence-corrected chi connectivity index (χ3v) is 6.30. The average Bonchev–Trinajstić information content (AvgIpc) is 2.77. The highest BCUT2D eigenvalue weighted by Gasteiger charge is 2.30. The summed E-state index contributed by atoms with van der Waals surface area (Å²) in [4.78, 5) is 1.94. The molecule has 0 saturated carbocycles. The van der Waals surface area contributed by atoms with E-state index >= 15 is 0 Å². The number of aliphatic hydroxyl groups is 1. The summed E-state index contributed by atoms with van der Waals surface area (Å²) >= 11 is 0. The van der Waals surface area contributed by atoms with Gasteiger partial charge in [-0.2, -0.15) is 13.2 Å². The van der Waals surface area contributed by atoms with Gasteiger partial charge in [0.15, 0.2) is 0 Å². The highest BCUT2D eigenvalue weighted by molar-refractivity contribution is 7.89. The third-order valence-electron chi connectivity index (χ3n) is 4.88. The van der Waals surface area contributed by atoms with E-state index in [1.165, 1.54) is 0 Å². The smallest absolute Gasteiger partial charge is 0.416 e. The van der Waals surface area contributed by atoms with Gasteiger partial charge >= 0.3 is 6.18 Å². The van der Waals surface area contributed by atoms with Gasteiger partial charge in [0, 0.05) is 13.1 Å². The van der Waals surface area contributed by atoms with E-state index in [9.17, 15) is 21.6 Å². The van der Waals surface area contributed by atoms with E-state index in [1.54, 1.807) is 24.3 Å². The maximum atomic E-state index is 12.6. The van der Waals surface area contributed by atoms with Crippen LogP contribution in [0.3, 0.4) is 0 Å². The topological polar surface area (TPSA) is 78.9 Å². The number of hydrogen-bond acceptors (Lipinski definition) is 5. The van der Waals surface area contributed by atoms with Crippen LogP contribution in [-0.2, 0) is 22.7 Å². The van der Waals surface area contributed by atoms with Crippen LogP contribution in [0.2, 0.25) is 0 Å². The number of aliphatic hydroxyl groups excluding tert-OH is 1. The van der Waals surface area contributed by atoms with Crippen molar-refractivity contribution in [1.82, 2.24) is 9.62 Å². The first-order valence-electron chi connectivity index (χ1n) is 10.4. The zero-order valence-electron chi connectivity index (χ0n) is 17.9. The van der Waals surface area contributed by atoms with Gasteiger partial charge in [0.2, 0.25) is 10.0 Å². The largest absolute Gasteiger partial charge is 0.494 e. The summed E-state index contributed by atoms with van der Waals surface area (Å²) in [6, 6.07) is 10.3. The normalized spacial score (nSPS) is 12.3. The maximum Gasteiger partial charge on any atom is 0.416 e. The Morgan fingerprint density at radius 3 is 2.22 bits per heavy atom. The predicted molar refractivity (Wildman–Crippen MR) is 116 cm³/mol. The minimum Gasteiger partial charge on any atom is -0.494 e. The van der Waals surface area contributed by atoms with Gasteiger partial charge in [-0.25, -0.2) is 13.1 Å². The van der Waals surface area contributed by atoms with Gasteiger partial charge in [-0.1, -0.05) is 19.1 Å². The highest BCUT2D eigenvalue weighted by Crippen LogP contribution is 2.29. The van der Waals surface area contributed by atoms with Crippen LogP contribution in [0, 0.1) is 0 Å². The van der Waals surface area contributed by atoms with E-state index in [1.807, 2.05) is 0 Å². The molecule has 32 heavy (non-hydrogen) atoms. The molecule has 0 atom stereocenters. The van der Waals surface area contributed by atoms with Crippen LogP contribution in [0.4, 0.5) is 13.2 Å². The van der Waals surface area contributed by atoms with Gasteiger partial charge in [-0.15, -0.1) is 0 Å². The lowest BCUT2D eigenvalue weighted by Crippen LogP contribution is -2.27. The van der Waals surface area contributed by atoms with Crippen molar-refractivity contribution in [3.63, 3.8) is 0 Å². The Morgan fingerprint density at radius 1 is 1.00 bits per heavy atom. The molecule has 6 nitrogen and oxygen atoms in total. The molecular formula is C22H29F3N2O4S. The van der Waals surface area contributed by atoms with Gasteiger partial charge in [0.05, 0.1) is 23.7 Å². The van der Waals surface area contributed by atoms with Crippen LogP contribution in [0.5, 0.6) is 5.75 Å². The molecule has 0 radical (unpaired) electrons. The van der Waals surface area contributed by atoms with E-state index in [0.29, 0.717) is 24.5 Å². The number of alkyl halides is 3. The molecule has 2 N–H and O–H groups in total. The average molecular weight is 475 g/mol. The number of nitrogens with zero attached hydrogens (tertiary/aromatic N) is 1. The minimum absolute atomic E-state index is 0.00133. The Balaban J connectivity index is 1.78. The van der Waals surface area contributed by atoms with Gasteiger partial charge in [-0.3, -0.25) is 0 Å². The summed E-state index contributed by atoms with van der Waals surface area (Å²) in [7, 11) is -3.93. The van der Waals surface area contributed by atoms with Crippen LogP contribution in [0.1, 0.15) is 30.9 Å². The standard InChI is InChI=1S/C22H29F3N2O4S/c1-2-27(14-15-28)13-3-4-16-31-20-9-5-18(6-10-20)17-26-32(29,30)21-11-7-19(8-12-21)22(23,24)25/h5-12,26,28H,2-4,13-17H2,1H3. The number of halogens is 3. The van der Waals surface area contributed by atoms with E-state index < -0.39 is 21.8 Å². The molecule has 0 spiro atoms. The van der Waals surface area contributed by atoms with Crippen molar-refractivity contribution in [2.24, 2.45) is 0 Å². The van der Waals surface area contributed by atoms with Crippen LogP contribution in [0.25, 0.3) is 0 Å². The van der Waals surface area contributed by atoms with E-state index in [2.05, 4.69) is 16.5 Å². The zero-order valence-corrected chi connectivity index (χ0v) is 18.8. The second-order valence-corrected chi connectivity index (χ2v) is 8.97. The number of rotatable bonds is 13. The quantitative estimate of drug-likeness (QED) is 0.433. The Morgan fingerprint density at radius 2 is 1.66 bits per heavy atom. The number of nitrogens with one attached hydrogen (secondary N) is 1. The van der Waals surface area contributed by atoms with Crippen LogP contribution in [-0.4, -0.2) is 51.3 Å². The predicted octanol–water partition coefficient (Wildman–Crippen LogP) is 3.66. The fourth-order valence-corrected chi connectivity index (χ4v) is 4.00. The first kappa shape index (κ1) is 26.1. The molecule has 0 aliphatic heterocycles. The molecule has 0 heterocycles. The molecule has 10 heteroatoms. The van der Waals surface area contributed by atoms with Crippen molar-refractivity contribution in [3.05, 3.63) is 59.7 Å². The molecule has 0 fully saturated rings. The summed E-state index contributed by atoms with van der Waals surface area (Å²) in [5.74, 6) is 0.669. The van der Waals surface area contributed by atoms with Crippen molar-refractivity contribution in [3.8, 4) is 5.75 Å². The second kappa shape index (κ2) is 12.2. The Hall–Kier alpha value is -2.14. The molecule has 0 unspecified atom stereocenters. The minimum atomic E-state index is -4.52. The third kappa shape index (κ3) is 8.42. The molecule has 0 aliphatic carbocycles. The van der Waals surface area contributed by atoms with Crippen molar-refractivity contribution in [2.75, 3.05) is 32.8 Å². The molecule has 0 bridgehead atoms. The monoisotopic (exact) mass is 474 g/mol. The van der Waals surface area contributed by atoms with Crippen molar-refractivity contribution < 1.29 is 31.4 Å². The lowest BCUT2D eigenvalue weighted by Gasteiger charge is -2.18. The Bertz CT molecular complexity index is 918. The molecule has 2 aromatic carbocycles. The number of benzene rings is 2. The van der Waals surface area contributed by atoms with E-state index in [-0.39, 0.29) is 18.0 Å². The van der Waals surface area contributed by atoms with Gasteiger partial charge in [0.1, 0.15) is 5.75 Å². The molecule has 2 aromatic rings. The van der Waals surface area contributed by atoms with Gasteiger partial charge in [-0.05, 0) is 67.9 Å². The number of unbranched alkanes of at least 4 members (excludes halogenated alkanes) is 1. The number of hydrogen-bond donors (Lipinski definition) is 2. The fourth-order valence-electron chi connectivity index (χ4n) is 2.99. The molecule has 0 amide bonds. The maximum absolute atomic E-state index is 12.6. The molecule has 178 valence electrons. The zero-order chi connectivity index (χ0) is 23.6. The van der Waals surface area contributed by atoms with Crippen LogP contribution in [0.15, 0.2) is 53.4 Å². The number of sulfonamides is 1. The first-order valence-corrected chi connectivity index (χ1v) is 11.9. The van der Waals surface area contributed by atoms with E-state index in [4.69, 9.17) is 9.84 Å². The molecule has 0 saturated heterocycles. The number of ether oxygens (including phenoxy) is 1. The van der Waals surface area contributed by atoms with Crippen LogP contribution < -0.4 is 9.46 Å². The van der Waals surface area contributed by atoms with Crippen molar-refractivity contribution >= 4 is 10.0 Å². The van der Waals surface area contributed by atoms with Crippen molar-refractivity contribution in [2.45, 2.75) is 37.4 Å². The van der Waals surface area contributed by atoms with Crippen LogP contribution >= 0.6 is 0 Å². The summed E-state index contributed by atoms with van der Waals surface area (Å²) in [6.45, 7) is 5.22. The lowest BCUT2D eigenvalue weighted by atomic mass is 10.2. The van der Waals surface area contributed by atoms with Gasteiger partial charge in [0.25, 0.3) is 0 Å². The first-order chi connectivity index (χ1) is 15.2. The summed E-state index contributed by atoms with van der Waals surface area (Å²) < 4.78 is 70.6. The summed E-state index contributed by atoms with van der Waals surface area (Å²) in [5, 5.41) is 8.98. The molecule has 2 rings (SSSR count). The van der Waals surface area contributed by atoms with Gasteiger partial charge < -0.3 is 14.7 Å². The number of likely N-dealkylation sites (N-methyl/N-ethyl adjacent to an activating group) is 1. The lowest BCUT2D eigenvalue weighted by molar-refractivity contribution is -0.137. The summed E-state index contributed by atoms with van der Waals surface area (Å²) in [5.41, 5.74) is -0.213. The van der Waals surface area contributed by atoms with Crippen molar-refractivity contribution in [1.29, 1.82) is 0 Å². The SMILES string of the molecule is CCN(CCO)CCCCOc1ccc(CNS(=O)(=O)c2ccc(C(F)(F)F)cc2)cc1. The summed E-state index contributed by atoms with van der Waals surface area (Å²) in [6.07, 6.45) is -2.69. The molecule has 0 aromatic heterocycles. The Kier molecular flexibility index (Phi) is 9.95. The molecule has 0 aliphatic rings. The second-order valence-electron chi connectivity index (χ2n) is 7.20. The Labute approximate surface area is 187 Å². The highest BCUT2D eigenvalue weighted by atomic mass is 32.2. The fraction of sp³-hybridized carbons (Fsp3) is 0.455. The molecular weight excluding hydrogens is 445 g/mol.